The number of hydrogen-bond acceptors (Lipinski definition) is 4. The van der Waals surface area contributed by atoms with Crippen LogP contribution in [0.1, 0.15) is 0 Å². The SMILES string of the molecule is Cn1cc(-c2nc3[nH]c(=O)[nH]c(=O)c3[nH]2)cn1. The standard InChI is InChI=1S/C9H8N6O2/c1-15-3-4(2-10-15)6-11-5-7(12-6)13-9(17)14-8(5)16/h2-3H,1H3,(H3,11,12,13,14,16,17). The van der Waals surface area contributed by atoms with Crippen LogP contribution in [-0.4, -0.2) is 29.7 Å². The Labute approximate surface area is 93.3 Å². The molecule has 0 amide bonds. The summed E-state index contributed by atoms with van der Waals surface area (Å²) in [4.78, 5) is 34.1. The predicted octanol–water partition coefficient (Wildman–Crippen LogP) is -0.660. The normalized spacial score (nSPS) is 11.1. The van der Waals surface area contributed by atoms with E-state index in [9.17, 15) is 9.59 Å². The van der Waals surface area contributed by atoms with Crippen LogP contribution in [-0.2, 0) is 7.05 Å². The monoisotopic (exact) mass is 232 g/mol. The Morgan fingerprint density at radius 1 is 1.24 bits per heavy atom. The van der Waals surface area contributed by atoms with Crippen LogP contribution in [0.5, 0.6) is 0 Å². The molecular formula is C9H8N6O2. The number of fused-ring (bicyclic) bond motifs is 1. The Morgan fingerprint density at radius 3 is 2.76 bits per heavy atom. The lowest BCUT2D eigenvalue weighted by atomic mass is 10.3. The second-order valence-corrected chi connectivity index (χ2v) is 3.62. The molecule has 0 atom stereocenters. The fourth-order valence-corrected chi connectivity index (χ4v) is 1.61. The number of rotatable bonds is 1. The minimum atomic E-state index is -0.577. The Morgan fingerprint density at radius 2 is 2.06 bits per heavy atom. The molecule has 3 heterocycles. The molecule has 3 aromatic heterocycles. The summed E-state index contributed by atoms with van der Waals surface area (Å²) in [5, 5.41) is 4.00. The van der Waals surface area contributed by atoms with Crippen LogP contribution >= 0.6 is 0 Å². The van der Waals surface area contributed by atoms with E-state index >= 15 is 0 Å². The van der Waals surface area contributed by atoms with E-state index in [1.807, 2.05) is 0 Å². The van der Waals surface area contributed by atoms with Crippen molar-refractivity contribution in [1.82, 2.24) is 29.7 Å². The van der Waals surface area contributed by atoms with Crippen LogP contribution in [0, 0.1) is 0 Å². The molecule has 8 nitrogen and oxygen atoms in total. The summed E-state index contributed by atoms with van der Waals surface area (Å²) in [6.07, 6.45) is 3.37. The quantitative estimate of drug-likeness (QED) is 0.517. The smallest absolute Gasteiger partial charge is 0.327 e. The summed E-state index contributed by atoms with van der Waals surface area (Å²) in [6.45, 7) is 0. The van der Waals surface area contributed by atoms with E-state index in [1.54, 1.807) is 24.1 Å². The van der Waals surface area contributed by atoms with Gasteiger partial charge in [0.2, 0.25) is 0 Å². The molecule has 17 heavy (non-hydrogen) atoms. The van der Waals surface area contributed by atoms with Gasteiger partial charge in [0.1, 0.15) is 11.3 Å². The van der Waals surface area contributed by atoms with Crippen LogP contribution in [0.3, 0.4) is 0 Å². The predicted molar refractivity (Wildman–Crippen MR) is 59.5 cm³/mol. The molecule has 0 aliphatic carbocycles. The van der Waals surface area contributed by atoms with Crippen molar-refractivity contribution < 1.29 is 0 Å². The molecule has 0 bridgehead atoms. The highest BCUT2D eigenvalue weighted by Crippen LogP contribution is 2.15. The Kier molecular flexibility index (Phi) is 1.79. The van der Waals surface area contributed by atoms with Crippen molar-refractivity contribution in [3.8, 4) is 11.4 Å². The highest BCUT2D eigenvalue weighted by molar-refractivity contribution is 5.74. The third kappa shape index (κ3) is 1.46. The molecule has 0 aromatic carbocycles. The molecule has 0 aliphatic rings. The van der Waals surface area contributed by atoms with Crippen LogP contribution in [0.2, 0.25) is 0 Å². The molecule has 0 unspecified atom stereocenters. The average Bonchev–Trinajstić information content (AvgIpc) is 2.83. The van der Waals surface area contributed by atoms with Crippen LogP contribution in [0.25, 0.3) is 22.6 Å². The summed E-state index contributed by atoms with van der Waals surface area (Å²) < 4.78 is 1.62. The van der Waals surface area contributed by atoms with Gasteiger partial charge in [-0.15, -0.1) is 0 Å². The zero-order valence-corrected chi connectivity index (χ0v) is 8.81. The molecule has 3 aromatic rings. The summed E-state index contributed by atoms with van der Waals surface area (Å²) in [7, 11) is 1.78. The maximum atomic E-state index is 11.5. The lowest BCUT2D eigenvalue weighted by Crippen LogP contribution is -2.21. The van der Waals surface area contributed by atoms with E-state index in [0.29, 0.717) is 5.82 Å². The number of nitrogens with zero attached hydrogens (tertiary/aromatic N) is 3. The van der Waals surface area contributed by atoms with Gasteiger partial charge in [-0.1, -0.05) is 0 Å². The van der Waals surface area contributed by atoms with E-state index < -0.39 is 11.2 Å². The van der Waals surface area contributed by atoms with Crippen LogP contribution in [0.15, 0.2) is 22.0 Å². The fraction of sp³-hybridized carbons (Fsp3) is 0.111. The molecule has 86 valence electrons. The third-order valence-corrected chi connectivity index (χ3v) is 2.37. The van der Waals surface area contributed by atoms with E-state index in [4.69, 9.17) is 0 Å². The lowest BCUT2D eigenvalue weighted by molar-refractivity contribution is 0.768. The van der Waals surface area contributed by atoms with Crippen LogP contribution in [0.4, 0.5) is 0 Å². The van der Waals surface area contributed by atoms with Crippen molar-refractivity contribution >= 4 is 11.2 Å². The van der Waals surface area contributed by atoms with Gasteiger partial charge in [-0.25, -0.2) is 9.78 Å². The number of aryl methyl sites for hydroxylation is 1. The average molecular weight is 232 g/mol. The van der Waals surface area contributed by atoms with Crippen LogP contribution < -0.4 is 11.2 Å². The van der Waals surface area contributed by atoms with Gasteiger partial charge in [0.05, 0.1) is 11.8 Å². The summed E-state index contributed by atoms with van der Waals surface area (Å²) >= 11 is 0. The van der Waals surface area contributed by atoms with Crippen molar-refractivity contribution in [3.05, 3.63) is 33.2 Å². The molecule has 0 radical (unpaired) electrons. The molecule has 0 fully saturated rings. The molecular weight excluding hydrogens is 224 g/mol. The lowest BCUT2D eigenvalue weighted by Gasteiger charge is -1.86. The number of aromatic amines is 3. The molecule has 3 rings (SSSR count). The minimum Gasteiger partial charge on any atom is -0.332 e. The first-order chi connectivity index (χ1) is 8.13. The molecule has 0 spiro atoms. The number of nitrogens with one attached hydrogen (secondary N) is 3. The van der Waals surface area contributed by atoms with Gasteiger partial charge in [-0.05, 0) is 0 Å². The van der Waals surface area contributed by atoms with Crippen molar-refractivity contribution in [2.24, 2.45) is 7.05 Å². The number of hydrogen-bond donors (Lipinski definition) is 3. The second-order valence-electron chi connectivity index (χ2n) is 3.62. The maximum Gasteiger partial charge on any atom is 0.327 e. The first-order valence-corrected chi connectivity index (χ1v) is 4.85. The number of aromatic nitrogens is 6. The summed E-state index contributed by atoms with van der Waals surface area (Å²) in [5.74, 6) is 0.487. The van der Waals surface area contributed by atoms with Gasteiger partial charge in [0.15, 0.2) is 5.65 Å². The molecule has 0 saturated carbocycles. The maximum absolute atomic E-state index is 11.5. The van der Waals surface area contributed by atoms with E-state index in [-0.39, 0.29) is 11.2 Å². The molecule has 8 heteroatoms. The summed E-state index contributed by atoms with van der Waals surface area (Å²) in [5.41, 5.74) is 0.142. The van der Waals surface area contributed by atoms with Gasteiger partial charge in [0.25, 0.3) is 5.56 Å². The minimum absolute atomic E-state index is 0.234. The molecule has 3 N–H and O–H groups in total. The van der Waals surface area contributed by atoms with E-state index in [0.717, 1.165) is 5.56 Å². The zero-order chi connectivity index (χ0) is 12.0. The first-order valence-electron chi connectivity index (χ1n) is 4.85. The van der Waals surface area contributed by atoms with E-state index in [2.05, 4.69) is 25.0 Å². The van der Waals surface area contributed by atoms with E-state index in [1.165, 1.54) is 0 Å². The second kappa shape index (κ2) is 3.17. The fourth-order valence-electron chi connectivity index (χ4n) is 1.61. The Bertz CT molecular complexity index is 805. The number of imidazole rings is 1. The van der Waals surface area contributed by atoms with Crippen molar-refractivity contribution in [2.45, 2.75) is 0 Å². The molecule has 0 aliphatic heterocycles. The van der Waals surface area contributed by atoms with Crippen molar-refractivity contribution in [2.75, 3.05) is 0 Å². The largest absolute Gasteiger partial charge is 0.332 e. The van der Waals surface area contributed by atoms with Gasteiger partial charge in [-0.3, -0.25) is 19.4 Å². The van der Waals surface area contributed by atoms with Crippen molar-refractivity contribution in [1.29, 1.82) is 0 Å². The Hall–Kier alpha value is -2.64. The van der Waals surface area contributed by atoms with Gasteiger partial charge < -0.3 is 4.98 Å². The van der Waals surface area contributed by atoms with Gasteiger partial charge >= 0.3 is 5.69 Å². The van der Waals surface area contributed by atoms with Crippen molar-refractivity contribution in [3.63, 3.8) is 0 Å². The van der Waals surface area contributed by atoms with Gasteiger partial charge in [0, 0.05) is 13.2 Å². The Balaban J connectivity index is 2.30. The highest BCUT2D eigenvalue weighted by Gasteiger charge is 2.10. The third-order valence-electron chi connectivity index (χ3n) is 2.37. The molecule has 0 saturated heterocycles. The zero-order valence-electron chi connectivity index (χ0n) is 8.81. The van der Waals surface area contributed by atoms with Gasteiger partial charge in [-0.2, -0.15) is 5.10 Å². The summed E-state index contributed by atoms with van der Waals surface area (Å²) in [6, 6.07) is 0. The topological polar surface area (TPSA) is 112 Å². The highest BCUT2D eigenvalue weighted by atomic mass is 16.2. The number of H-pyrrole nitrogens is 3. The first kappa shape index (κ1) is 9.58.